The molecule has 3 aromatic rings. The molecule has 4 N–H and O–H groups in total. The highest BCUT2D eigenvalue weighted by molar-refractivity contribution is 7.99. The molecule has 0 bridgehead atoms. The van der Waals surface area contributed by atoms with Crippen LogP contribution in [-0.2, 0) is 25.5 Å². The Balaban J connectivity index is 1.59. The first-order valence-corrected chi connectivity index (χ1v) is 12.9. The van der Waals surface area contributed by atoms with Gasteiger partial charge in [0.25, 0.3) is 0 Å². The largest absolute Gasteiger partial charge is 0.481 e. The number of ether oxygens (including phenoxy) is 1. The molecule has 0 spiro atoms. The van der Waals surface area contributed by atoms with Gasteiger partial charge >= 0.3 is 17.9 Å². The molecular weight excluding hydrogens is 508 g/mol. The van der Waals surface area contributed by atoms with Crippen molar-refractivity contribution in [3.63, 3.8) is 0 Å². The summed E-state index contributed by atoms with van der Waals surface area (Å²) in [6.45, 7) is 0. The van der Waals surface area contributed by atoms with Gasteiger partial charge in [-0.2, -0.15) is 0 Å². The first-order valence-electron chi connectivity index (χ1n) is 11.8. The second-order valence-electron chi connectivity index (χ2n) is 8.81. The highest BCUT2D eigenvalue weighted by atomic mass is 32.2. The van der Waals surface area contributed by atoms with E-state index in [0.29, 0.717) is 16.8 Å². The maximum atomic E-state index is 13.6. The maximum Gasteiger partial charge on any atom is 0.351 e. The Bertz CT molecular complexity index is 1320. The number of carbonyl (C=O) groups excluding carboxylic acids is 2. The van der Waals surface area contributed by atoms with Crippen molar-refractivity contribution < 1.29 is 34.1 Å². The van der Waals surface area contributed by atoms with Crippen molar-refractivity contribution in [3.05, 3.63) is 102 Å². The molecule has 1 aliphatic rings. The van der Waals surface area contributed by atoms with Gasteiger partial charge < -0.3 is 25.6 Å². The van der Waals surface area contributed by atoms with Crippen LogP contribution >= 0.6 is 11.8 Å². The van der Waals surface area contributed by atoms with Gasteiger partial charge in [0.15, 0.2) is 5.44 Å². The van der Waals surface area contributed by atoms with Gasteiger partial charge in [-0.15, -0.1) is 11.8 Å². The average Bonchev–Trinajstić information content (AvgIpc) is 3.22. The summed E-state index contributed by atoms with van der Waals surface area (Å²) in [5.74, 6) is -4.62. The van der Waals surface area contributed by atoms with Crippen molar-refractivity contribution in [2.75, 3.05) is 11.1 Å². The first-order chi connectivity index (χ1) is 18.3. The number of benzene rings is 3. The van der Waals surface area contributed by atoms with Gasteiger partial charge in [-0.1, -0.05) is 66.7 Å². The minimum absolute atomic E-state index is 0.182. The van der Waals surface area contributed by atoms with E-state index in [1.165, 1.54) is 11.8 Å². The van der Waals surface area contributed by atoms with Gasteiger partial charge in [0.1, 0.15) is 0 Å². The van der Waals surface area contributed by atoms with Gasteiger partial charge in [-0.05, 0) is 30.2 Å². The first kappa shape index (κ1) is 26.7. The van der Waals surface area contributed by atoms with Gasteiger partial charge in [-0.25, -0.2) is 9.59 Å². The maximum absolute atomic E-state index is 13.6. The number of carboxylic acids is 2. The number of rotatable bonds is 12. The van der Waals surface area contributed by atoms with Crippen molar-refractivity contribution in [1.82, 2.24) is 5.32 Å². The lowest BCUT2D eigenvalue weighted by atomic mass is 9.98. The van der Waals surface area contributed by atoms with Crippen LogP contribution < -0.4 is 10.6 Å². The second-order valence-corrected chi connectivity index (χ2v) is 9.90. The summed E-state index contributed by atoms with van der Waals surface area (Å²) in [6, 6.07) is 24.4. The monoisotopic (exact) mass is 534 g/mol. The number of carbonyl (C=O) groups is 4. The van der Waals surface area contributed by atoms with Crippen LogP contribution in [0.5, 0.6) is 0 Å². The minimum Gasteiger partial charge on any atom is -0.481 e. The van der Waals surface area contributed by atoms with E-state index in [-0.39, 0.29) is 12.2 Å². The SMILES string of the molecule is O=C(O)C[C@@](NC(=O)[C@@H](CSC1OC(=O)c2ccccc21)Cc1ccccc1)(Nc1ccccc1)C(=O)O. The summed E-state index contributed by atoms with van der Waals surface area (Å²) < 4.78 is 5.49. The average molecular weight is 535 g/mol. The van der Waals surface area contributed by atoms with Crippen LogP contribution in [0.4, 0.5) is 5.69 Å². The number of anilines is 1. The molecule has 10 heteroatoms. The molecule has 38 heavy (non-hydrogen) atoms. The van der Waals surface area contributed by atoms with Crippen LogP contribution in [0.3, 0.4) is 0 Å². The number of cyclic esters (lactones) is 1. The Morgan fingerprint density at radius 2 is 1.55 bits per heavy atom. The van der Waals surface area contributed by atoms with E-state index in [4.69, 9.17) is 4.74 Å². The summed E-state index contributed by atoms with van der Waals surface area (Å²) in [4.78, 5) is 50.0. The molecule has 9 nitrogen and oxygen atoms in total. The third-order valence-electron chi connectivity index (χ3n) is 6.04. The summed E-state index contributed by atoms with van der Waals surface area (Å²) >= 11 is 1.25. The second kappa shape index (κ2) is 11.8. The molecule has 0 aromatic heterocycles. The fourth-order valence-corrected chi connectivity index (χ4v) is 5.39. The quantitative estimate of drug-likeness (QED) is 0.201. The number of amides is 1. The molecule has 0 fully saturated rings. The molecule has 0 saturated heterocycles. The van der Waals surface area contributed by atoms with Crippen molar-refractivity contribution in [2.24, 2.45) is 5.92 Å². The standard InChI is InChI=1S/C28H26N2O7S/c31-23(32)16-28(27(35)36,29-20-11-5-2-6-12-20)30-24(33)19(15-18-9-3-1-4-10-18)17-38-26-22-14-8-7-13-21(22)25(34)37-26/h1-14,19,26,29H,15-17H2,(H,30,33)(H,31,32)(H,35,36)/t19-,26?,28+/m1/s1. The molecule has 3 aromatic carbocycles. The third kappa shape index (κ3) is 6.33. The number of hydrogen-bond acceptors (Lipinski definition) is 7. The molecule has 1 amide bonds. The molecule has 0 saturated carbocycles. The zero-order chi connectivity index (χ0) is 27.1. The van der Waals surface area contributed by atoms with E-state index in [9.17, 15) is 29.4 Å². The van der Waals surface area contributed by atoms with E-state index in [2.05, 4.69) is 10.6 Å². The van der Waals surface area contributed by atoms with E-state index in [1.54, 1.807) is 54.6 Å². The number of carboxylic acid groups (broad SMARTS) is 2. The third-order valence-corrected chi connectivity index (χ3v) is 7.29. The Morgan fingerprint density at radius 3 is 2.21 bits per heavy atom. The summed E-state index contributed by atoms with van der Waals surface area (Å²) in [7, 11) is 0. The van der Waals surface area contributed by atoms with Gasteiger partial charge in [0.05, 0.1) is 17.9 Å². The van der Waals surface area contributed by atoms with Crippen LogP contribution in [0.2, 0.25) is 0 Å². The number of aliphatic carboxylic acids is 2. The minimum atomic E-state index is -2.30. The number of hydrogen-bond donors (Lipinski definition) is 4. The highest BCUT2D eigenvalue weighted by Gasteiger charge is 2.44. The van der Waals surface area contributed by atoms with E-state index in [1.807, 2.05) is 30.3 Å². The normalized spacial score (nSPS) is 16.4. The van der Waals surface area contributed by atoms with E-state index < -0.39 is 47.3 Å². The van der Waals surface area contributed by atoms with Crippen LogP contribution in [0.1, 0.15) is 33.3 Å². The summed E-state index contributed by atoms with van der Waals surface area (Å²) in [5.41, 5.74) is -0.566. The zero-order valence-corrected chi connectivity index (χ0v) is 21.0. The van der Waals surface area contributed by atoms with Crippen LogP contribution in [-0.4, -0.2) is 45.4 Å². The molecule has 1 unspecified atom stereocenters. The fraction of sp³-hybridized carbons (Fsp3) is 0.214. The fourth-order valence-electron chi connectivity index (χ4n) is 4.18. The zero-order valence-electron chi connectivity index (χ0n) is 20.2. The molecule has 1 aliphatic heterocycles. The van der Waals surface area contributed by atoms with Crippen molar-refractivity contribution >= 4 is 41.3 Å². The highest BCUT2D eigenvalue weighted by Crippen LogP contribution is 2.40. The summed E-state index contributed by atoms with van der Waals surface area (Å²) in [5, 5.41) is 24.8. The number of fused-ring (bicyclic) bond motifs is 1. The predicted molar refractivity (Wildman–Crippen MR) is 142 cm³/mol. The smallest absolute Gasteiger partial charge is 0.351 e. The Labute approximate surface area is 223 Å². The predicted octanol–water partition coefficient (Wildman–Crippen LogP) is 3.93. The lowest BCUT2D eigenvalue weighted by Gasteiger charge is -2.33. The number of nitrogens with one attached hydrogen (secondary N) is 2. The van der Waals surface area contributed by atoms with Gasteiger partial charge in [-0.3, -0.25) is 9.59 Å². The lowest BCUT2D eigenvalue weighted by Crippen LogP contribution is -2.62. The van der Waals surface area contributed by atoms with Crippen LogP contribution in [0.15, 0.2) is 84.9 Å². The number of esters is 1. The molecule has 0 aliphatic carbocycles. The molecule has 1 heterocycles. The van der Waals surface area contributed by atoms with Crippen molar-refractivity contribution in [1.29, 1.82) is 0 Å². The number of para-hydroxylation sites is 1. The lowest BCUT2D eigenvalue weighted by molar-refractivity contribution is -0.152. The van der Waals surface area contributed by atoms with Crippen molar-refractivity contribution in [3.8, 4) is 0 Å². The van der Waals surface area contributed by atoms with E-state index >= 15 is 0 Å². The Kier molecular flexibility index (Phi) is 8.32. The van der Waals surface area contributed by atoms with Crippen LogP contribution in [0, 0.1) is 5.92 Å². The van der Waals surface area contributed by atoms with Gasteiger partial charge in [0.2, 0.25) is 11.6 Å². The molecule has 0 radical (unpaired) electrons. The topological polar surface area (TPSA) is 142 Å². The van der Waals surface area contributed by atoms with Crippen LogP contribution in [0.25, 0.3) is 0 Å². The Morgan fingerprint density at radius 1 is 0.921 bits per heavy atom. The van der Waals surface area contributed by atoms with Gasteiger partial charge in [0, 0.05) is 17.0 Å². The summed E-state index contributed by atoms with van der Waals surface area (Å²) in [6.07, 6.45) is -0.641. The molecule has 4 rings (SSSR count). The Hall–Kier alpha value is -4.31. The van der Waals surface area contributed by atoms with E-state index in [0.717, 1.165) is 5.56 Å². The van der Waals surface area contributed by atoms with Crippen molar-refractivity contribution in [2.45, 2.75) is 23.9 Å². The number of thioether (sulfide) groups is 1. The molecular formula is C28H26N2O7S. The molecule has 3 atom stereocenters. The molecule has 196 valence electrons.